The van der Waals surface area contributed by atoms with Crippen LogP contribution < -0.4 is 5.32 Å². The van der Waals surface area contributed by atoms with Gasteiger partial charge >= 0.3 is 0 Å². The van der Waals surface area contributed by atoms with E-state index in [4.69, 9.17) is 4.74 Å². The van der Waals surface area contributed by atoms with E-state index in [9.17, 15) is 0 Å². The largest absolute Gasteiger partial charge is 0.385 e. The Bertz CT molecular complexity index is 153. The van der Waals surface area contributed by atoms with Crippen LogP contribution in [0.1, 0.15) is 26.2 Å². The van der Waals surface area contributed by atoms with E-state index in [0.29, 0.717) is 0 Å². The summed E-state index contributed by atoms with van der Waals surface area (Å²) in [6.45, 7) is 9.23. The molecular weight excluding hydrogens is 188 g/mol. The number of hydrogen-bond acceptors (Lipinski definition) is 3. The number of nitrogens with zero attached hydrogens (tertiary/aromatic N) is 1. The van der Waals surface area contributed by atoms with Crippen molar-refractivity contribution in [1.29, 1.82) is 0 Å². The van der Waals surface area contributed by atoms with Crippen LogP contribution in [0.4, 0.5) is 0 Å². The number of methoxy groups -OCH3 is 1. The van der Waals surface area contributed by atoms with Crippen molar-refractivity contribution in [3.63, 3.8) is 0 Å². The summed E-state index contributed by atoms with van der Waals surface area (Å²) in [6.07, 6.45) is 3.85. The third kappa shape index (κ3) is 5.50. The van der Waals surface area contributed by atoms with E-state index >= 15 is 0 Å². The van der Waals surface area contributed by atoms with E-state index < -0.39 is 0 Å². The summed E-state index contributed by atoms with van der Waals surface area (Å²) >= 11 is 0. The predicted octanol–water partition coefficient (Wildman–Crippen LogP) is 1.34. The molecule has 1 saturated heterocycles. The molecule has 90 valence electrons. The monoisotopic (exact) mass is 214 g/mol. The second-order valence-corrected chi connectivity index (χ2v) is 4.46. The predicted molar refractivity (Wildman–Crippen MR) is 64.2 cm³/mol. The van der Waals surface area contributed by atoms with Gasteiger partial charge in [-0.3, -0.25) is 0 Å². The van der Waals surface area contributed by atoms with Crippen molar-refractivity contribution in [2.45, 2.75) is 26.2 Å². The van der Waals surface area contributed by atoms with Gasteiger partial charge < -0.3 is 15.0 Å². The maximum absolute atomic E-state index is 5.05. The third-order valence-corrected chi connectivity index (χ3v) is 3.13. The lowest BCUT2D eigenvalue weighted by molar-refractivity contribution is 0.186. The van der Waals surface area contributed by atoms with Gasteiger partial charge in [0, 0.05) is 20.3 Å². The number of likely N-dealkylation sites (tertiary alicyclic amines) is 1. The highest BCUT2D eigenvalue weighted by molar-refractivity contribution is 4.76. The molecule has 1 rings (SSSR count). The molecule has 0 bridgehead atoms. The molecule has 0 spiro atoms. The van der Waals surface area contributed by atoms with Crippen LogP contribution in [0.25, 0.3) is 0 Å². The number of ether oxygens (including phenoxy) is 1. The molecule has 1 fully saturated rings. The second kappa shape index (κ2) is 8.08. The summed E-state index contributed by atoms with van der Waals surface area (Å²) < 4.78 is 5.05. The summed E-state index contributed by atoms with van der Waals surface area (Å²) in [5.74, 6) is 0.882. The Hall–Kier alpha value is -0.120. The van der Waals surface area contributed by atoms with Crippen LogP contribution in [0.3, 0.4) is 0 Å². The first-order valence-corrected chi connectivity index (χ1v) is 6.28. The Morgan fingerprint density at radius 1 is 1.40 bits per heavy atom. The van der Waals surface area contributed by atoms with Gasteiger partial charge in [0.05, 0.1) is 0 Å². The fourth-order valence-electron chi connectivity index (χ4n) is 2.21. The Labute approximate surface area is 94.2 Å². The van der Waals surface area contributed by atoms with E-state index in [2.05, 4.69) is 17.1 Å². The van der Waals surface area contributed by atoms with Crippen LogP contribution in [0.5, 0.6) is 0 Å². The van der Waals surface area contributed by atoms with E-state index in [-0.39, 0.29) is 0 Å². The zero-order valence-electron chi connectivity index (χ0n) is 10.3. The zero-order valence-corrected chi connectivity index (χ0v) is 10.3. The molecule has 0 saturated carbocycles. The SMILES string of the molecule is CCNCC1CCN(CCCCOC)C1. The summed E-state index contributed by atoms with van der Waals surface area (Å²) in [6, 6.07) is 0. The fourth-order valence-corrected chi connectivity index (χ4v) is 2.21. The summed E-state index contributed by atoms with van der Waals surface area (Å²) in [7, 11) is 1.78. The topological polar surface area (TPSA) is 24.5 Å². The average Bonchev–Trinajstić information content (AvgIpc) is 2.69. The van der Waals surface area contributed by atoms with E-state index in [0.717, 1.165) is 19.1 Å². The van der Waals surface area contributed by atoms with Crippen LogP contribution in [0.2, 0.25) is 0 Å². The van der Waals surface area contributed by atoms with Gasteiger partial charge in [-0.25, -0.2) is 0 Å². The quantitative estimate of drug-likeness (QED) is 0.617. The Balaban J connectivity index is 1.98. The molecule has 1 aliphatic rings. The van der Waals surface area contributed by atoms with Gasteiger partial charge in [-0.1, -0.05) is 6.92 Å². The first-order valence-electron chi connectivity index (χ1n) is 6.28. The minimum atomic E-state index is 0.882. The molecule has 1 unspecified atom stereocenters. The molecule has 15 heavy (non-hydrogen) atoms. The highest BCUT2D eigenvalue weighted by Crippen LogP contribution is 2.15. The second-order valence-electron chi connectivity index (χ2n) is 4.46. The lowest BCUT2D eigenvalue weighted by Crippen LogP contribution is -2.27. The van der Waals surface area contributed by atoms with Crippen LogP contribution in [0, 0.1) is 5.92 Å². The van der Waals surface area contributed by atoms with Crippen molar-refractivity contribution in [2.75, 3.05) is 46.4 Å². The number of unbranched alkanes of at least 4 members (excludes halogenated alkanes) is 1. The standard InChI is InChI=1S/C12H26N2O/c1-3-13-10-12-6-8-14(11-12)7-4-5-9-15-2/h12-13H,3-11H2,1-2H3. The highest BCUT2D eigenvalue weighted by Gasteiger charge is 2.20. The van der Waals surface area contributed by atoms with Crippen LogP contribution in [-0.2, 0) is 4.74 Å². The van der Waals surface area contributed by atoms with Crippen LogP contribution in [-0.4, -0.2) is 51.3 Å². The molecule has 3 heteroatoms. The van der Waals surface area contributed by atoms with Gasteiger partial charge in [0.1, 0.15) is 0 Å². The van der Waals surface area contributed by atoms with Crippen LogP contribution >= 0.6 is 0 Å². The zero-order chi connectivity index (χ0) is 10.9. The molecular formula is C12H26N2O. The maximum Gasteiger partial charge on any atom is 0.0462 e. The van der Waals surface area contributed by atoms with E-state index in [1.165, 1.54) is 45.4 Å². The van der Waals surface area contributed by atoms with Crippen LogP contribution in [0.15, 0.2) is 0 Å². The average molecular weight is 214 g/mol. The molecule has 0 aromatic heterocycles. The number of rotatable bonds is 8. The first-order chi connectivity index (χ1) is 7.36. The molecule has 1 heterocycles. The van der Waals surface area contributed by atoms with Gasteiger partial charge in [-0.05, 0) is 51.4 Å². The van der Waals surface area contributed by atoms with E-state index in [1.54, 1.807) is 7.11 Å². The van der Waals surface area contributed by atoms with Gasteiger partial charge in [0.15, 0.2) is 0 Å². The minimum Gasteiger partial charge on any atom is -0.385 e. The van der Waals surface area contributed by atoms with Gasteiger partial charge in [0.2, 0.25) is 0 Å². The number of hydrogen-bond donors (Lipinski definition) is 1. The molecule has 0 amide bonds. The molecule has 0 aromatic carbocycles. The molecule has 0 radical (unpaired) electrons. The first kappa shape index (κ1) is 12.9. The normalized spacial score (nSPS) is 22.4. The minimum absolute atomic E-state index is 0.882. The van der Waals surface area contributed by atoms with Crippen molar-refractivity contribution in [3.8, 4) is 0 Å². The molecule has 1 N–H and O–H groups in total. The molecule has 0 aromatic rings. The highest BCUT2D eigenvalue weighted by atomic mass is 16.5. The fraction of sp³-hybridized carbons (Fsp3) is 1.00. The molecule has 1 aliphatic heterocycles. The van der Waals surface area contributed by atoms with Gasteiger partial charge in [0.25, 0.3) is 0 Å². The number of nitrogens with one attached hydrogen (secondary N) is 1. The van der Waals surface area contributed by atoms with Crippen molar-refractivity contribution >= 4 is 0 Å². The Kier molecular flexibility index (Phi) is 6.98. The summed E-state index contributed by atoms with van der Waals surface area (Å²) in [5, 5.41) is 3.44. The Morgan fingerprint density at radius 2 is 2.27 bits per heavy atom. The lowest BCUT2D eigenvalue weighted by Gasteiger charge is -2.15. The van der Waals surface area contributed by atoms with Crippen molar-refractivity contribution in [3.05, 3.63) is 0 Å². The summed E-state index contributed by atoms with van der Waals surface area (Å²) in [4.78, 5) is 2.59. The van der Waals surface area contributed by atoms with E-state index in [1.807, 2.05) is 0 Å². The molecule has 0 aliphatic carbocycles. The van der Waals surface area contributed by atoms with Crippen molar-refractivity contribution in [2.24, 2.45) is 5.92 Å². The summed E-state index contributed by atoms with van der Waals surface area (Å²) in [5.41, 5.74) is 0. The van der Waals surface area contributed by atoms with Crippen molar-refractivity contribution < 1.29 is 4.74 Å². The van der Waals surface area contributed by atoms with Crippen molar-refractivity contribution in [1.82, 2.24) is 10.2 Å². The Morgan fingerprint density at radius 3 is 3.00 bits per heavy atom. The third-order valence-electron chi connectivity index (χ3n) is 3.13. The van der Waals surface area contributed by atoms with Gasteiger partial charge in [-0.15, -0.1) is 0 Å². The molecule has 1 atom stereocenters. The molecule has 3 nitrogen and oxygen atoms in total. The lowest BCUT2D eigenvalue weighted by atomic mass is 10.1. The maximum atomic E-state index is 5.05. The van der Waals surface area contributed by atoms with Gasteiger partial charge in [-0.2, -0.15) is 0 Å². The smallest absolute Gasteiger partial charge is 0.0462 e.